The van der Waals surface area contributed by atoms with E-state index in [2.05, 4.69) is 15.8 Å². The Labute approximate surface area is 189 Å². The summed E-state index contributed by atoms with van der Waals surface area (Å²) in [6.07, 6.45) is -4.46. The molecule has 0 spiro atoms. The highest BCUT2D eigenvalue weighted by molar-refractivity contribution is 7.89. The van der Waals surface area contributed by atoms with Gasteiger partial charge in [-0.05, 0) is 55.0 Å². The molecule has 2 N–H and O–H groups in total. The second-order valence-electron chi connectivity index (χ2n) is 6.88. The number of anilines is 1. The van der Waals surface area contributed by atoms with Gasteiger partial charge in [-0.25, -0.2) is 8.42 Å². The summed E-state index contributed by atoms with van der Waals surface area (Å²) in [6.45, 7) is 3.04. The van der Waals surface area contributed by atoms with Crippen LogP contribution in [-0.4, -0.2) is 49.9 Å². The van der Waals surface area contributed by atoms with Crippen molar-refractivity contribution in [1.82, 2.24) is 9.73 Å². The maximum Gasteiger partial charge on any atom is 0.416 e. The highest BCUT2D eigenvalue weighted by Crippen LogP contribution is 2.30. The number of nitrogens with zero attached hydrogens (tertiary/aromatic N) is 2. The normalized spacial score (nSPS) is 15.9. The number of hydrogen-bond acceptors (Lipinski definition) is 5. The van der Waals surface area contributed by atoms with Crippen molar-refractivity contribution in [2.24, 2.45) is 5.10 Å². The van der Waals surface area contributed by atoms with Crippen molar-refractivity contribution < 1.29 is 26.3 Å². The molecular weight excluding hydrogens is 465 g/mol. The molecule has 7 nitrogen and oxygen atoms in total. The Morgan fingerprint density at radius 2 is 1.78 bits per heavy atom. The van der Waals surface area contributed by atoms with Crippen molar-refractivity contribution >= 4 is 38.8 Å². The fourth-order valence-electron chi connectivity index (χ4n) is 2.94. The summed E-state index contributed by atoms with van der Waals surface area (Å²) in [4.78, 5) is 0.172. The van der Waals surface area contributed by atoms with Crippen LogP contribution in [0.4, 0.5) is 18.9 Å². The molecule has 2 aromatic rings. The standard InChI is InChI=1S/C20H21F3N4O3S2/c1-14(25-26-19(31)24-17-4-2-3-16(13-17)20(21,22)23)15-5-7-18(8-6-15)32(28,29)27-9-11-30-12-10-27/h2-8,13H,9-12H2,1H3,(H2,24,26,31). The minimum absolute atomic E-state index is 0.00944. The van der Waals surface area contributed by atoms with Crippen molar-refractivity contribution in [2.45, 2.75) is 18.0 Å². The van der Waals surface area contributed by atoms with Crippen LogP contribution < -0.4 is 10.7 Å². The molecule has 0 atom stereocenters. The lowest BCUT2D eigenvalue weighted by molar-refractivity contribution is -0.137. The predicted molar refractivity (Wildman–Crippen MR) is 119 cm³/mol. The number of sulfonamides is 1. The number of hydrogen-bond donors (Lipinski definition) is 2. The summed E-state index contributed by atoms with van der Waals surface area (Å²) >= 11 is 5.08. The Morgan fingerprint density at radius 3 is 2.41 bits per heavy atom. The van der Waals surface area contributed by atoms with Crippen molar-refractivity contribution in [3.05, 3.63) is 59.7 Å². The second-order valence-corrected chi connectivity index (χ2v) is 9.23. The molecule has 1 heterocycles. The average molecular weight is 487 g/mol. The van der Waals surface area contributed by atoms with Crippen LogP contribution in [0, 0.1) is 0 Å². The maximum atomic E-state index is 12.8. The van der Waals surface area contributed by atoms with E-state index in [-0.39, 0.29) is 15.7 Å². The van der Waals surface area contributed by atoms with Gasteiger partial charge in [0.15, 0.2) is 5.11 Å². The summed E-state index contributed by atoms with van der Waals surface area (Å²) in [7, 11) is -3.59. The summed E-state index contributed by atoms with van der Waals surface area (Å²) in [5.41, 5.74) is 3.11. The van der Waals surface area contributed by atoms with E-state index in [9.17, 15) is 21.6 Å². The molecule has 1 aliphatic heterocycles. The molecule has 172 valence electrons. The van der Waals surface area contributed by atoms with Gasteiger partial charge in [0.1, 0.15) is 0 Å². The van der Waals surface area contributed by atoms with Gasteiger partial charge in [-0.2, -0.15) is 22.6 Å². The van der Waals surface area contributed by atoms with Crippen molar-refractivity contribution in [2.75, 3.05) is 31.6 Å². The number of thiocarbonyl (C=S) groups is 1. The van der Waals surface area contributed by atoms with E-state index in [0.29, 0.717) is 37.6 Å². The topological polar surface area (TPSA) is 83.0 Å². The van der Waals surface area contributed by atoms with Gasteiger partial charge in [0.05, 0.1) is 29.4 Å². The predicted octanol–water partition coefficient (Wildman–Crippen LogP) is 3.44. The van der Waals surface area contributed by atoms with E-state index in [4.69, 9.17) is 17.0 Å². The molecule has 2 aromatic carbocycles. The first-order valence-electron chi connectivity index (χ1n) is 9.54. The van der Waals surface area contributed by atoms with E-state index < -0.39 is 21.8 Å². The van der Waals surface area contributed by atoms with Crippen molar-refractivity contribution in [3.63, 3.8) is 0 Å². The number of ether oxygens (including phenoxy) is 1. The monoisotopic (exact) mass is 486 g/mol. The van der Waals surface area contributed by atoms with Crippen LogP contribution in [0.1, 0.15) is 18.1 Å². The second kappa shape index (κ2) is 9.94. The van der Waals surface area contributed by atoms with Crippen molar-refractivity contribution in [3.8, 4) is 0 Å². The molecule has 0 radical (unpaired) electrons. The van der Waals surface area contributed by atoms with E-state index in [1.807, 2.05) is 0 Å². The lowest BCUT2D eigenvalue weighted by Crippen LogP contribution is -2.40. The Balaban J connectivity index is 1.63. The molecule has 1 saturated heterocycles. The molecule has 32 heavy (non-hydrogen) atoms. The zero-order valence-electron chi connectivity index (χ0n) is 17.0. The molecule has 0 amide bonds. The molecular formula is C20H21F3N4O3S2. The maximum absolute atomic E-state index is 12.8. The first-order valence-corrected chi connectivity index (χ1v) is 11.4. The molecule has 0 aromatic heterocycles. The van der Waals surface area contributed by atoms with Crippen LogP contribution in [0.3, 0.4) is 0 Å². The fourth-order valence-corrected chi connectivity index (χ4v) is 4.51. The van der Waals surface area contributed by atoms with Crippen LogP contribution in [0.2, 0.25) is 0 Å². The van der Waals surface area contributed by atoms with Crippen LogP contribution in [0.5, 0.6) is 0 Å². The van der Waals surface area contributed by atoms with Gasteiger partial charge in [-0.15, -0.1) is 0 Å². The zero-order valence-corrected chi connectivity index (χ0v) is 18.6. The molecule has 0 saturated carbocycles. The number of halogens is 3. The van der Waals surface area contributed by atoms with Crippen LogP contribution in [0.25, 0.3) is 0 Å². The van der Waals surface area contributed by atoms with Gasteiger partial charge in [0.25, 0.3) is 0 Å². The third-order valence-electron chi connectivity index (χ3n) is 4.65. The summed E-state index contributed by atoms with van der Waals surface area (Å²) < 4.78 is 70.4. The number of alkyl halides is 3. The third-order valence-corrected chi connectivity index (χ3v) is 6.76. The molecule has 0 aliphatic carbocycles. The van der Waals surface area contributed by atoms with Gasteiger partial charge >= 0.3 is 6.18 Å². The highest BCUT2D eigenvalue weighted by atomic mass is 32.2. The molecule has 12 heteroatoms. The Kier molecular flexibility index (Phi) is 7.49. The molecule has 0 bridgehead atoms. The summed E-state index contributed by atoms with van der Waals surface area (Å²) in [5, 5.41) is 6.76. The van der Waals surface area contributed by atoms with Gasteiger partial charge in [0.2, 0.25) is 10.0 Å². The van der Waals surface area contributed by atoms with Crippen LogP contribution >= 0.6 is 12.2 Å². The fraction of sp³-hybridized carbons (Fsp3) is 0.300. The number of benzene rings is 2. The number of morpholine rings is 1. The minimum atomic E-state index is -4.46. The Bertz CT molecular complexity index is 1100. The first-order chi connectivity index (χ1) is 15.1. The molecule has 1 aliphatic rings. The minimum Gasteiger partial charge on any atom is -0.379 e. The largest absolute Gasteiger partial charge is 0.416 e. The van der Waals surface area contributed by atoms with E-state index in [0.717, 1.165) is 12.1 Å². The number of nitrogens with one attached hydrogen (secondary N) is 2. The van der Waals surface area contributed by atoms with E-state index in [1.54, 1.807) is 19.1 Å². The van der Waals surface area contributed by atoms with Gasteiger partial charge < -0.3 is 10.1 Å². The quantitative estimate of drug-likeness (QED) is 0.383. The molecule has 3 rings (SSSR count). The van der Waals surface area contributed by atoms with Crippen molar-refractivity contribution in [1.29, 1.82) is 0 Å². The van der Waals surface area contributed by atoms with Crippen LogP contribution in [0.15, 0.2) is 58.5 Å². The van der Waals surface area contributed by atoms with Crippen LogP contribution in [-0.2, 0) is 20.9 Å². The third kappa shape index (κ3) is 6.03. The Morgan fingerprint density at radius 1 is 1.12 bits per heavy atom. The van der Waals surface area contributed by atoms with Gasteiger partial charge in [0, 0.05) is 18.8 Å². The highest BCUT2D eigenvalue weighted by Gasteiger charge is 2.30. The van der Waals surface area contributed by atoms with Gasteiger partial charge in [-0.3, -0.25) is 5.43 Å². The average Bonchev–Trinajstić information content (AvgIpc) is 2.78. The SMILES string of the molecule is CC(=NNC(=S)Nc1cccc(C(F)(F)F)c1)c1ccc(S(=O)(=O)N2CCOCC2)cc1. The summed E-state index contributed by atoms with van der Waals surface area (Å²) in [6, 6.07) is 10.9. The molecule has 1 fully saturated rings. The van der Waals surface area contributed by atoms with E-state index in [1.165, 1.54) is 28.6 Å². The molecule has 0 unspecified atom stereocenters. The lowest BCUT2D eigenvalue weighted by atomic mass is 10.1. The Hall–Kier alpha value is -2.54. The zero-order chi connectivity index (χ0) is 23.4. The summed E-state index contributed by atoms with van der Waals surface area (Å²) in [5.74, 6) is 0. The first kappa shape index (κ1) is 24.1. The number of rotatable bonds is 5. The number of hydrazone groups is 1. The lowest BCUT2D eigenvalue weighted by Gasteiger charge is -2.26. The van der Waals surface area contributed by atoms with Gasteiger partial charge in [-0.1, -0.05) is 18.2 Å². The van der Waals surface area contributed by atoms with E-state index >= 15 is 0 Å². The smallest absolute Gasteiger partial charge is 0.379 e.